The van der Waals surface area contributed by atoms with E-state index in [9.17, 15) is 8.42 Å². The highest BCUT2D eigenvalue weighted by Crippen LogP contribution is 2.39. The van der Waals surface area contributed by atoms with E-state index in [1.807, 2.05) is 0 Å². The van der Waals surface area contributed by atoms with Gasteiger partial charge in [-0.25, -0.2) is 13.6 Å². The maximum absolute atomic E-state index is 10.5. The molecule has 0 radical (unpaired) electrons. The number of primary sulfonamides is 1. The average Bonchev–Trinajstić information content (AvgIpc) is 2.16. The molecule has 0 aromatic carbocycles. The average molecular weight is 134 g/mol. The molecule has 1 rings (SSSR count). The van der Waals surface area contributed by atoms with Gasteiger partial charge in [-0.1, -0.05) is 0 Å². The van der Waals surface area contributed by atoms with Crippen LogP contribution in [-0.4, -0.2) is 13.2 Å². The molecule has 1 atom stereocenters. The first-order valence-electron chi connectivity index (χ1n) is 2.32. The van der Waals surface area contributed by atoms with E-state index in [-0.39, 0.29) is 0 Å². The van der Waals surface area contributed by atoms with Gasteiger partial charge in [0.2, 0.25) is 0 Å². The van der Waals surface area contributed by atoms with Crippen molar-refractivity contribution < 1.29 is 8.42 Å². The zero-order valence-corrected chi connectivity index (χ0v) is 5.40. The second kappa shape index (κ2) is 1.19. The number of rotatable bonds is 1. The van der Waals surface area contributed by atoms with Crippen molar-refractivity contribution in [1.82, 2.24) is 0 Å². The van der Waals surface area contributed by atoms with Crippen molar-refractivity contribution in [3.63, 3.8) is 0 Å². The molecule has 0 spiro atoms. The highest BCUT2D eigenvalue weighted by molar-refractivity contribution is 7.91. The lowest BCUT2D eigenvalue weighted by molar-refractivity contribution is 0.586. The van der Waals surface area contributed by atoms with E-state index in [0.29, 0.717) is 6.42 Å². The summed E-state index contributed by atoms with van der Waals surface area (Å²) in [6.07, 6.45) is 2.29. The van der Waals surface area contributed by atoms with Gasteiger partial charge in [0.15, 0.2) is 6.42 Å². The maximum Gasteiger partial charge on any atom is 0.260 e. The van der Waals surface area contributed by atoms with Gasteiger partial charge in [0.05, 0.1) is 0 Å². The van der Waals surface area contributed by atoms with Crippen molar-refractivity contribution in [3.8, 4) is 0 Å². The monoisotopic (exact) mass is 134 g/mol. The quantitative estimate of drug-likeness (QED) is 0.498. The molecule has 1 aliphatic carbocycles. The topological polar surface area (TPSA) is 60.2 Å². The summed E-state index contributed by atoms with van der Waals surface area (Å²) in [4.78, 5) is 0. The minimum Gasteiger partial charge on any atom is -0.224 e. The molecule has 4 heteroatoms. The molecule has 0 aromatic heterocycles. The summed E-state index contributed by atoms with van der Waals surface area (Å²) in [5.41, 5.74) is 0. The lowest BCUT2D eigenvalue weighted by Gasteiger charge is -1.92. The van der Waals surface area contributed by atoms with Crippen LogP contribution >= 0.6 is 0 Å². The smallest absolute Gasteiger partial charge is 0.224 e. The molecule has 0 amide bonds. The predicted molar refractivity (Wildman–Crippen MR) is 30.4 cm³/mol. The number of sulfonamides is 1. The molecule has 46 valence electrons. The molecule has 1 unspecified atom stereocenters. The third-order valence-electron chi connectivity index (χ3n) is 1.43. The summed E-state index contributed by atoms with van der Waals surface area (Å²) >= 11 is 0. The zero-order valence-electron chi connectivity index (χ0n) is 4.59. The Kier molecular flexibility index (Phi) is 0.881. The van der Waals surface area contributed by atoms with E-state index in [1.54, 1.807) is 13.3 Å². The van der Waals surface area contributed by atoms with Crippen LogP contribution in [0.15, 0.2) is 0 Å². The highest BCUT2D eigenvalue weighted by atomic mass is 32.2. The third kappa shape index (κ3) is 0.695. The van der Waals surface area contributed by atoms with Crippen LogP contribution in [0.5, 0.6) is 0 Å². The standard InChI is InChI=1S/C4H8NO2S/c1-4(2-3-4)8(5,6)7/h2H,3H2,1H3,(H2,5,6,7)/q+1. The molecule has 1 fully saturated rings. The van der Waals surface area contributed by atoms with E-state index in [0.717, 1.165) is 0 Å². The van der Waals surface area contributed by atoms with Crippen LogP contribution in [0.25, 0.3) is 0 Å². The van der Waals surface area contributed by atoms with Crippen LogP contribution in [0.1, 0.15) is 13.3 Å². The summed E-state index contributed by atoms with van der Waals surface area (Å²) in [6.45, 7) is 1.61. The molecule has 1 aliphatic rings. The van der Waals surface area contributed by atoms with E-state index in [1.165, 1.54) is 0 Å². The van der Waals surface area contributed by atoms with Gasteiger partial charge in [0.1, 0.15) is 6.42 Å². The molecule has 0 bridgehead atoms. The van der Waals surface area contributed by atoms with E-state index in [4.69, 9.17) is 5.14 Å². The Balaban J connectivity index is 2.90. The minimum atomic E-state index is -3.28. The van der Waals surface area contributed by atoms with Crippen LogP contribution in [0.2, 0.25) is 0 Å². The fraction of sp³-hybridized carbons (Fsp3) is 0.750. The van der Waals surface area contributed by atoms with Crippen LogP contribution < -0.4 is 5.14 Å². The van der Waals surface area contributed by atoms with Crippen molar-refractivity contribution in [1.29, 1.82) is 0 Å². The Hall–Kier alpha value is -0.220. The SMILES string of the molecule is CC1(S(N)(=O)=O)[CH+]C1. The van der Waals surface area contributed by atoms with E-state index in [2.05, 4.69) is 0 Å². The van der Waals surface area contributed by atoms with Crippen LogP contribution in [0, 0.1) is 6.42 Å². The Morgan fingerprint density at radius 3 is 2.12 bits per heavy atom. The highest BCUT2D eigenvalue weighted by Gasteiger charge is 2.61. The first-order chi connectivity index (χ1) is 3.46. The van der Waals surface area contributed by atoms with Crippen molar-refractivity contribution >= 4 is 10.0 Å². The van der Waals surface area contributed by atoms with Crippen LogP contribution in [-0.2, 0) is 10.0 Å². The first kappa shape index (κ1) is 5.91. The van der Waals surface area contributed by atoms with Gasteiger partial charge >= 0.3 is 0 Å². The second-order valence-electron chi connectivity index (χ2n) is 2.27. The van der Waals surface area contributed by atoms with Crippen molar-refractivity contribution in [3.05, 3.63) is 6.42 Å². The Morgan fingerprint density at radius 1 is 1.75 bits per heavy atom. The lowest BCUT2D eigenvalue weighted by Crippen LogP contribution is -2.27. The predicted octanol–water partition coefficient (Wildman–Crippen LogP) is -0.358. The van der Waals surface area contributed by atoms with Crippen LogP contribution in [0.4, 0.5) is 0 Å². The van der Waals surface area contributed by atoms with Gasteiger partial charge in [-0.2, -0.15) is 0 Å². The Labute approximate surface area is 48.9 Å². The molecular weight excluding hydrogens is 126 g/mol. The number of nitrogens with two attached hydrogens (primary N) is 1. The van der Waals surface area contributed by atoms with Gasteiger partial charge in [0, 0.05) is 6.92 Å². The molecule has 8 heavy (non-hydrogen) atoms. The largest absolute Gasteiger partial charge is 0.260 e. The molecule has 1 saturated carbocycles. The van der Waals surface area contributed by atoms with Crippen molar-refractivity contribution in [2.24, 2.45) is 5.14 Å². The zero-order chi connectivity index (χ0) is 6.41. The van der Waals surface area contributed by atoms with Gasteiger partial charge in [0.25, 0.3) is 14.8 Å². The molecule has 0 saturated heterocycles. The first-order valence-corrected chi connectivity index (χ1v) is 3.87. The normalized spacial score (nSPS) is 36.2. The number of hydrogen-bond donors (Lipinski definition) is 1. The van der Waals surface area contributed by atoms with E-state index >= 15 is 0 Å². The molecule has 0 heterocycles. The van der Waals surface area contributed by atoms with Crippen molar-refractivity contribution in [2.75, 3.05) is 0 Å². The summed E-state index contributed by atoms with van der Waals surface area (Å²) in [6, 6.07) is 0. The van der Waals surface area contributed by atoms with Gasteiger partial charge in [-0.15, -0.1) is 0 Å². The van der Waals surface area contributed by atoms with Gasteiger partial charge in [-0.3, -0.25) is 0 Å². The molecular formula is C4H8NO2S+. The van der Waals surface area contributed by atoms with Crippen LogP contribution in [0.3, 0.4) is 0 Å². The summed E-state index contributed by atoms with van der Waals surface area (Å²) in [5.74, 6) is 0. The molecule has 0 aromatic rings. The second-order valence-corrected chi connectivity index (χ2v) is 4.29. The minimum absolute atomic E-state index is 0.603. The summed E-state index contributed by atoms with van der Waals surface area (Å²) < 4.78 is 20.2. The fourth-order valence-electron chi connectivity index (χ4n) is 0.376. The summed E-state index contributed by atoms with van der Waals surface area (Å²) in [7, 11) is -3.28. The molecule has 2 N–H and O–H groups in total. The summed E-state index contributed by atoms with van der Waals surface area (Å²) in [5, 5.41) is 4.82. The van der Waals surface area contributed by atoms with Gasteiger partial charge < -0.3 is 0 Å². The molecule has 0 aliphatic heterocycles. The fourth-order valence-corrected chi connectivity index (χ4v) is 0.924. The third-order valence-corrected chi connectivity index (χ3v) is 3.06. The van der Waals surface area contributed by atoms with Crippen molar-refractivity contribution in [2.45, 2.75) is 18.1 Å². The molecule has 3 nitrogen and oxygen atoms in total. The lowest BCUT2D eigenvalue weighted by atomic mass is 10.5. The maximum atomic E-state index is 10.5. The van der Waals surface area contributed by atoms with Gasteiger partial charge in [-0.05, 0) is 0 Å². The number of hydrogen-bond acceptors (Lipinski definition) is 2. The Morgan fingerprint density at radius 2 is 2.12 bits per heavy atom. The van der Waals surface area contributed by atoms with E-state index < -0.39 is 14.8 Å². The Bertz CT molecular complexity index is 190.